The second kappa shape index (κ2) is 4.22. The molecule has 0 radical (unpaired) electrons. The van der Waals surface area contributed by atoms with Gasteiger partial charge in [-0.3, -0.25) is 4.90 Å². The quantitative estimate of drug-likeness (QED) is 0.753. The number of nitrogens with zero attached hydrogens (tertiary/aromatic N) is 1. The average Bonchev–Trinajstić information content (AvgIpc) is 2.26. The monoisotopic (exact) mass is 245 g/mol. The van der Waals surface area contributed by atoms with Crippen molar-refractivity contribution in [3.05, 3.63) is 29.3 Å². The van der Waals surface area contributed by atoms with E-state index in [1.165, 1.54) is 12.1 Å². The van der Waals surface area contributed by atoms with Crippen LogP contribution in [0.1, 0.15) is 25.0 Å². The van der Waals surface area contributed by atoms with Gasteiger partial charge in [0.1, 0.15) is 12.5 Å². The average molecular weight is 245 g/mol. The molecule has 1 aliphatic heterocycles. The number of benzene rings is 1. The van der Waals surface area contributed by atoms with E-state index in [0.717, 1.165) is 6.07 Å². The largest absolute Gasteiger partial charge is 0.478 e. The lowest BCUT2D eigenvalue weighted by Crippen LogP contribution is -2.37. The predicted octanol–water partition coefficient (Wildman–Crippen LogP) is 3.27. The second-order valence-corrected chi connectivity index (χ2v) is 4.43. The molecule has 0 saturated heterocycles. The molecule has 0 N–H and O–H groups in total. The highest BCUT2D eigenvalue weighted by atomic mass is 19.4. The van der Waals surface area contributed by atoms with E-state index in [2.05, 4.69) is 0 Å². The Morgan fingerprint density at radius 3 is 2.59 bits per heavy atom. The van der Waals surface area contributed by atoms with Gasteiger partial charge in [-0.25, -0.2) is 0 Å². The van der Waals surface area contributed by atoms with Gasteiger partial charge in [-0.1, -0.05) is 0 Å². The molecule has 1 heterocycles. The van der Waals surface area contributed by atoms with Crippen LogP contribution in [0.2, 0.25) is 0 Å². The Bertz CT molecular complexity index is 415. The van der Waals surface area contributed by atoms with Crippen LogP contribution in [0, 0.1) is 0 Å². The van der Waals surface area contributed by atoms with Crippen LogP contribution in [-0.4, -0.2) is 17.7 Å². The van der Waals surface area contributed by atoms with Crippen LogP contribution in [0.5, 0.6) is 5.75 Å². The lowest BCUT2D eigenvalue weighted by molar-refractivity contribution is -0.137. The van der Waals surface area contributed by atoms with Gasteiger partial charge in [0.05, 0.1) is 5.56 Å². The third-order valence-electron chi connectivity index (χ3n) is 2.88. The number of hydrogen-bond acceptors (Lipinski definition) is 2. The van der Waals surface area contributed by atoms with E-state index in [4.69, 9.17) is 4.74 Å². The fourth-order valence-corrected chi connectivity index (χ4v) is 1.77. The zero-order valence-corrected chi connectivity index (χ0v) is 9.71. The molecule has 0 aromatic heterocycles. The standard InChI is InChI=1S/C12H14F3NO/c1-8(2)16-6-9-5-10(12(13,14)15)3-4-11(9)17-7-16/h3-5,8H,6-7H2,1-2H3. The third kappa shape index (κ3) is 2.54. The van der Waals surface area contributed by atoms with Gasteiger partial charge in [0.2, 0.25) is 0 Å². The third-order valence-corrected chi connectivity index (χ3v) is 2.88. The minimum Gasteiger partial charge on any atom is -0.478 e. The van der Waals surface area contributed by atoms with E-state index in [1.54, 1.807) is 0 Å². The van der Waals surface area contributed by atoms with Crippen LogP contribution in [0.15, 0.2) is 18.2 Å². The number of rotatable bonds is 1. The smallest absolute Gasteiger partial charge is 0.416 e. The molecule has 94 valence electrons. The minimum absolute atomic E-state index is 0.248. The summed E-state index contributed by atoms with van der Waals surface area (Å²) in [4.78, 5) is 1.97. The van der Waals surface area contributed by atoms with Gasteiger partial charge < -0.3 is 4.74 Å². The first-order chi connectivity index (χ1) is 7.88. The summed E-state index contributed by atoms with van der Waals surface area (Å²) in [5, 5.41) is 0. The van der Waals surface area contributed by atoms with Gasteiger partial charge in [-0.15, -0.1) is 0 Å². The molecular weight excluding hydrogens is 231 g/mol. The van der Waals surface area contributed by atoms with Crippen molar-refractivity contribution in [2.45, 2.75) is 32.6 Å². The van der Waals surface area contributed by atoms with Crippen molar-refractivity contribution >= 4 is 0 Å². The maximum Gasteiger partial charge on any atom is 0.416 e. The minimum atomic E-state index is -4.30. The molecule has 0 aliphatic carbocycles. The number of fused-ring (bicyclic) bond motifs is 1. The van der Waals surface area contributed by atoms with Crippen LogP contribution in [0.4, 0.5) is 13.2 Å². The molecule has 0 spiro atoms. The Morgan fingerprint density at radius 2 is 2.00 bits per heavy atom. The first-order valence-electron chi connectivity index (χ1n) is 5.45. The molecule has 1 aromatic rings. The Balaban J connectivity index is 2.29. The van der Waals surface area contributed by atoms with E-state index < -0.39 is 11.7 Å². The Hall–Kier alpha value is -1.23. The highest BCUT2D eigenvalue weighted by Gasteiger charge is 2.32. The molecule has 0 amide bonds. The van der Waals surface area contributed by atoms with E-state index in [-0.39, 0.29) is 6.04 Å². The van der Waals surface area contributed by atoms with Crippen molar-refractivity contribution in [1.82, 2.24) is 4.90 Å². The highest BCUT2D eigenvalue weighted by molar-refractivity contribution is 5.39. The lowest BCUT2D eigenvalue weighted by Gasteiger charge is -2.32. The molecule has 1 aromatic carbocycles. The fraction of sp³-hybridized carbons (Fsp3) is 0.500. The molecule has 0 atom stereocenters. The molecule has 2 nitrogen and oxygen atoms in total. The summed E-state index contributed by atoms with van der Waals surface area (Å²) >= 11 is 0. The van der Waals surface area contributed by atoms with Gasteiger partial charge in [0, 0.05) is 18.2 Å². The van der Waals surface area contributed by atoms with Gasteiger partial charge in [0.15, 0.2) is 0 Å². The topological polar surface area (TPSA) is 12.5 Å². The predicted molar refractivity (Wildman–Crippen MR) is 57.6 cm³/mol. The van der Waals surface area contributed by atoms with Gasteiger partial charge in [-0.05, 0) is 32.0 Å². The van der Waals surface area contributed by atoms with Crippen LogP contribution in [0.3, 0.4) is 0 Å². The Kier molecular flexibility index (Phi) is 3.03. The van der Waals surface area contributed by atoms with Crippen molar-refractivity contribution < 1.29 is 17.9 Å². The fourth-order valence-electron chi connectivity index (χ4n) is 1.77. The van der Waals surface area contributed by atoms with Gasteiger partial charge >= 0.3 is 6.18 Å². The summed E-state index contributed by atoms with van der Waals surface area (Å²) in [7, 11) is 0. The van der Waals surface area contributed by atoms with Crippen LogP contribution in [-0.2, 0) is 12.7 Å². The maximum atomic E-state index is 12.6. The summed E-state index contributed by atoms with van der Waals surface area (Å²) in [6.45, 7) is 4.90. The van der Waals surface area contributed by atoms with Crippen LogP contribution < -0.4 is 4.74 Å². The Morgan fingerprint density at radius 1 is 1.29 bits per heavy atom. The maximum absolute atomic E-state index is 12.6. The lowest BCUT2D eigenvalue weighted by atomic mass is 10.1. The molecule has 1 aliphatic rings. The summed E-state index contributed by atoms with van der Waals surface area (Å²) in [6, 6.07) is 3.88. The summed E-state index contributed by atoms with van der Waals surface area (Å²) < 4.78 is 43.1. The van der Waals surface area contributed by atoms with Crippen LogP contribution in [0.25, 0.3) is 0 Å². The molecule has 0 fully saturated rings. The first kappa shape index (κ1) is 12.2. The van der Waals surface area contributed by atoms with Crippen LogP contribution >= 0.6 is 0 Å². The first-order valence-corrected chi connectivity index (χ1v) is 5.45. The number of alkyl halides is 3. The zero-order valence-electron chi connectivity index (χ0n) is 9.71. The summed E-state index contributed by atoms with van der Waals surface area (Å²) in [6.07, 6.45) is -4.30. The van der Waals surface area contributed by atoms with Gasteiger partial charge in [-0.2, -0.15) is 13.2 Å². The highest BCUT2D eigenvalue weighted by Crippen LogP contribution is 2.34. The summed E-state index contributed by atoms with van der Waals surface area (Å²) in [5.41, 5.74) is -0.0229. The van der Waals surface area contributed by atoms with Crippen molar-refractivity contribution in [3.8, 4) is 5.75 Å². The molecule has 0 bridgehead atoms. The molecule has 2 rings (SSSR count). The number of hydrogen-bond donors (Lipinski definition) is 0. The number of halogens is 3. The summed E-state index contributed by atoms with van der Waals surface area (Å²) in [5.74, 6) is 0.551. The Labute approximate surface area is 98.0 Å². The zero-order chi connectivity index (χ0) is 12.6. The SMILES string of the molecule is CC(C)N1COc2ccc(C(F)(F)F)cc2C1. The molecular formula is C12H14F3NO. The van der Waals surface area contributed by atoms with E-state index >= 15 is 0 Å². The van der Waals surface area contributed by atoms with Crippen molar-refractivity contribution in [1.29, 1.82) is 0 Å². The van der Waals surface area contributed by atoms with E-state index in [9.17, 15) is 13.2 Å². The molecule has 17 heavy (non-hydrogen) atoms. The van der Waals surface area contributed by atoms with Crippen molar-refractivity contribution in [2.75, 3.05) is 6.73 Å². The number of ether oxygens (including phenoxy) is 1. The molecule has 0 saturated carbocycles. The van der Waals surface area contributed by atoms with Gasteiger partial charge in [0.25, 0.3) is 0 Å². The van der Waals surface area contributed by atoms with Crippen molar-refractivity contribution in [3.63, 3.8) is 0 Å². The normalized spacial score (nSPS) is 16.8. The molecule has 5 heteroatoms. The van der Waals surface area contributed by atoms with Crippen molar-refractivity contribution in [2.24, 2.45) is 0 Å². The molecule has 0 unspecified atom stereocenters. The van der Waals surface area contributed by atoms with E-state index in [0.29, 0.717) is 24.6 Å². The van der Waals surface area contributed by atoms with E-state index in [1.807, 2.05) is 18.7 Å². The second-order valence-electron chi connectivity index (χ2n) is 4.43.